The van der Waals surface area contributed by atoms with Crippen LogP contribution in [-0.4, -0.2) is 25.0 Å². The molecule has 0 radical (unpaired) electrons. The highest BCUT2D eigenvalue weighted by Gasteiger charge is 2.32. The normalized spacial score (nSPS) is 26.7. The van der Waals surface area contributed by atoms with Crippen LogP contribution in [0.25, 0.3) is 0 Å². The van der Waals surface area contributed by atoms with Gasteiger partial charge in [0.05, 0.1) is 0 Å². The molecule has 124 valence electrons. The summed E-state index contributed by atoms with van der Waals surface area (Å²) in [5.74, 6) is 1.73. The number of likely N-dealkylation sites (N-methyl/N-ethyl adjacent to an activating group) is 1. The van der Waals surface area contributed by atoms with Gasteiger partial charge in [0, 0.05) is 6.04 Å². The molecule has 0 saturated heterocycles. The van der Waals surface area contributed by atoms with Crippen molar-refractivity contribution in [2.24, 2.45) is 5.92 Å². The fourth-order valence-electron chi connectivity index (χ4n) is 4.57. The Hall–Kier alpha value is -0.530. The summed E-state index contributed by atoms with van der Waals surface area (Å²) < 4.78 is 0. The lowest BCUT2D eigenvalue weighted by molar-refractivity contribution is 0.209. The van der Waals surface area contributed by atoms with Crippen LogP contribution in [0.15, 0.2) is 24.3 Å². The monoisotopic (exact) mass is 321 g/mol. The third-order valence-corrected chi connectivity index (χ3v) is 5.89. The number of rotatable bonds is 2. The molecule has 2 heteroatoms. The Kier molecular flexibility index (Phi) is 6.77. The average molecular weight is 322 g/mol. The standard InChI is InChI=1S/C20H31N.ClH/c1-21(2)18-14-17-12-8-9-13-19(17)20(15-18)16-10-6-4-3-5-7-11-16;/h8-9,12-13,16,18,20H,3-7,10-11,14-15H2,1-2H3;1H/t18-,20-;/m0./s1. The first-order valence-corrected chi connectivity index (χ1v) is 9.00. The molecular formula is C20H32ClN. The predicted octanol–water partition coefficient (Wildman–Crippen LogP) is 5.43. The first-order valence-electron chi connectivity index (χ1n) is 9.00. The van der Waals surface area contributed by atoms with Crippen molar-refractivity contribution in [3.63, 3.8) is 0 Å². The summed E-state index contributed by atoms with van der Waals surface area (Å²) in [4.78, 5) is 2.45. The number of halogens is 1. The highest BCUT2D eigenvalue weighted by atomic mass is 35.5. The van der Waals surface area contributed by atoms with Crippen LogP contribution in [0, 0.1) is 5.92 Å². The quantitative estimate of drug-likeness (QED) is 0.702. The van der Waals surface area contributed by atoms with Crippen LogP contribution in [0.5, 0.6) is 0 Å². The Balaban J connectivity index is 0.00000176. The highest BCUT2D eigenvalue weighted by molar-refractivity contribution is 5.85. The largest absolute Gasteiger partial charge is 0.306 e. The van der Waals surface area contributed by atoms with Crippen LogP contribution in [0.3, 0.4) is 0 Å². The minimum absolute atomic E-state index is 0. The van der Waals surface area contributed by atoms with E-state index in [1.54, 1.807) is 11.1 Å². The fourth-order valence-corrected chi connectivity index (χ4v) is 4.57. The van der Waals surface area contributed by atoms with Crippen LogP contribution in [-0.2, 0) is 6.42 Å². The van der Waals surface area contributed by atoms with Crippen molar-refractivity contribution in [1.29, 1.82) is 0 Å². The molecule has 0 spiro atoms. The second-order valence-electron chi connectivity index (χ2n) is 7.47. The van der Waals surface area contributed by atoms with Gasteiger partial charge in [-0.25, -0.2) is 0 Å². The Morgan fingerprint density at radius 2 is 1.55 bits per heavy atom. The summed E-state index contributed by atoms with van der Waals surface area (Å²) in [6.07, 6.45) is 12.8. The summed E-state index contributed by atoms with van der Waals surface area (Å²) in [5.41, 5.74) is 3.30. The second kappa shape index (κ2) is 8.36. The Morgan fingerprint density at radius 1 is 0.909 bits per heavy atom. The minimum atomic E-state index is 0. The van der Waals surface area contributed by atoms with Crippen molar-refractivity contribution < 1.29 is 0 Å². The number of hydrogen-bond donors (Lipinski definition) is 0. The van der Waals surface area contributed by atoms with Gasteiger partial charge in [-0.05, 0) is 62.7 Å². The van der Waals surface area contributed by atoms with Crippen LogP contribution < -0.4 is 0 Å². The maximum Gasteiger partial charge on any atom is 0.0136 e. The molecule has 1 aromatic rings. The van der Waals surface area contributed by atoms with Gasteiger partial charge in [-0.2, -0.15) is 0 Å². The van der Waals surface area contributed by atoms with Crippen molar-refractivity contribution in [3.05, 3.63) is 35.4 Å². The van der Waals surface area contributed by atoms with Crippen molar-refractivity contribution >= 4 is 12.4 Å². The predicted molar refractivity (Wildman–Crippen MR) is 98.0 cm³/mol. The van der Waals surface area contributed by atoms with Crippen LogP contribution in [0.2, 0.25) is 0 Å². The first kappa shape index (κ1) is 17.8. The zero-order valence-electron chi connectivity index (χ0n) is 14.3. The van der Waals surface area contributed by atoms with Gasteiger partial charge in [-0.3, -0.25) is 0 Å². The molecule has 0 aliphatic heterocycles. The van der Waals surface area contributed by atoms with Gasteiger partial charge in [0.15, 0.2) is 0 Å². The molecule has 1 aromatic carbocycles. The maximum atomic E-state index is 2.45. The van der Waals surface area contributed by atoms with Crippen molar-refractivity contribution in [2.45, 2.75) is 69.7 Å². The lowest BCUT2D eigenvalue weighted by atomic mass is 9.70. The van der Waals surface area contributed by atoms with Gasteiger partial charge in [0.2, 0.25) is 0 Å². The van der Waals surface area contributed by atoms with Crippen molar-refractivity contribution in [1.82, 2.24) is 4.90 Å². The lowest BCUT2D eigenvalue weighted by Gasteiger charge is -2.39. The van der Waals surface area contributed by atoms with E-state index < -0.39 is 0 Å². The third-order valence-electron chi connectivity index (χ3n) is 5.89. The molecular weight excluding hydrogens is 290 g/mol. The van der Waals surface area contributed by atoms with E-state index in [0.29, 0.717) is 0 Å². The average Bonchev–Trinajstić information content (AvgIpc) is 2.46. The topological polar surface area (TPSA) is 3.24 Å². The second-order valence-corrected chi connectivity index (χ2v) is 7.47. The molecule has 0 amide bonds. The molecule has 2 atom stereocenters. The molecule has 1 saturated carbocycles. The smallest absolute Gasteiger partial charge is 0.0136 e. The van der Waals surface area contributed by atoms with E-state index in [9.17, 15) is 0 Å². The Bertz CT molecular complexity index is 449. The summed E-state index contributed by atoms with van der Waals surface area (Å²) in [7, 11) is 4.52. The molecule has 22 heavy (non-hydrogen) atoms. The summed E-state index contributed by atoms with van der Waals surface area (Å²) in [6.45, 7) is 0. The van der Waals surface area contributed by atoms with Crippen molar-refractivity contribution in [3.8, 4) is 0 Å². The van der Waals surface area contributed by atoms with Crippen LogP contribution >= 0.6 is 12.4 Å². The van der Waals surface area contributed by atoms with Gasteiger partial charge in [-0.15, -0.1) is 12.4 Å². The van der Waals surface area contributed by atoms with E-state index in [1.165, 1.54) is 57.8 Å². The van der Waals surface area contributed by atoms with E-state index in [-0.39, 0.29) is 12.4 Å². The van der Waals surface area contributed by atoms with E-state index in [2.05, 4.69) is 43.3 Å². The Labute approximate surface area is 142 Å². The Morgan fingerprint density at radius 3 is 2.23 bits per heavy atom. The molecule has 1 nitrogen and oxygen atoms in total. The lowest BCUT2D eigenvalue weighted by Crippen LogP contribution is -2.37. The summed E-state index contributed by atoms with van der Waals surface area (Å²) in [5, 5.41) is 0. The number of fused-ring (bicyclic) bond motifs is 1. The molecule has 0 unspecified atom stereocenters. The van der Waals surface area contributed by atoms with E-state index in [0.717, 1.165) is 17.9 Å². The number of nitrogens with zero attached hydrogens (tertiary/aromatic N) is 1. The SMILES string of the molecule is CN(C)[C@H]1Cc2ccccc2[C@H](C2CCCCCCC2)C1.Cl. The van der Waals surface area contributed by atoms with Gasteiger partial charge >= 0.3 is 0 Å². The third kappa shape index (κ3) is 4.06. The molecule has 0 N–H and O–H groups in total. The zero-order valence-corrected chi connectivity index (χ0v) is 15.1. The highest BCUT2D eigenvalue weighted by Crippen LogP contribution is 2.42. The van der Waals surface area contributed by atoms with E-state index in [1.807, 2.05) is 0 Å². The van der Waals surface area contributed by atoms with Gasteiger partial charge in [0.1, 0.15) is 0 Å². The summed E-state index contributed by atoms with van der Waals surface area (Å²) in [6, 6.07) is 10.0. The molecule has 2 aliphatic carbocycles. The fraction of sp³-hybridized carbons (Fsp3) is 0.700. The number of hydrogen-bond acceptors (Lipinski definition) is 1. The van der Waals surface area contributed by atoms with Gasteiger partial charge in [-0.1, -0.05) is 56.4 Å². The molecule has 0 heterocycles. The van der Waals surface area contributed by atoms with Gasteiger partial charge < -0.3 is 4.90 Å². The molecule has 3 rings (SSSR count). The molecule has 2 aliphatic rings. The van der Waals surface area contributed by atoms with Crippen molar-refractivity contribution in [2.75, 3.05) is 14.1 Å². The van der Waals surface area contributed by atoms with Gasteiger partial charge in [0.25, 0.3) is 0 Å². The van der Waals surface area contributed by atoms with Crippen LogP contribution in [0.1, 0.15) is 68.4 Å². The maximum absolute atomic E-state index is 2.45. The van der Waals surface area contributed by atoms with Crippen LogP contribution in [0.4, 0.5) is 0 Å². The molecule has 0 bridgehead atoms. The summed E-state index contributed by atoms with van der Waals surface area (Å²) >= 11 is 0. The molecule has 1 fully saturated rings. The van der Waals surface area contributed by atoms with E-state index in [4.69, 9.17) is 0 Å². The van der Waals surface area contributed by atoms with E-state index >= 15 is 0 Å². The number of benzene rings is 1. The zero-order chi connectivity index (χ0) is 14.7. The first-order chi connectivity index (χ1) is 10.3. The minimum Gasteiger partial charge on any atom is -0.306 e. The molecule has 0 aromatic heterocycles.